The van der Waals surface area contributed by atoms with E-state index in [-0.39, 0.29) is 23.9 Å². The summed E-state index contributed by atoms with van der Waals surface area (Å²) in [6, 6.07) is 9.71. The normalized spacial score (nSPS) is 10.6. The van der Waals surface area contributed by atoms with Gasteiger partial charge in [-0.15, -0.1) is 0 Å². The molecule has 0 bridgehead atoms. The van der Waals surface area contributed by atoms with Gasteiger partial charge in [0.15, 0.2) is 0 Å². The zero-order valence-corrected chi connectivity index (χ0v) is 15.4. The minimum Gasteiger partial charge on any atom is -0.356 e. The Morgan fingerprint density at radius 3 is 2.58 bits per heavy atom. The van der Waals surface area contributed by atoms with E-state index in [1.165, 1.54) is 18.6 Å². The van der Waals surface area contributed by atoms with E-state index in [2.05, 4.69) is 29.1 Å². The van der Waals surface area contributed by atoms with Crippen LogP contribution in [0.25, 0.3) is 0 Å². The smallest absolute Gasteiger partial charge is 0.274 e. The van der Waals surface area contributed by atoms with Crippen LogP contribution in [0.15, 0.2) is 48.9 Å². The molecule has 1 N–H and O–H groups in total. The van der Waals surface area contributed by atoms with Crippen molar-refractivity contribution in [1.29, 1.82) is 0 Å². The standard InChI is InChI=1S/C20H26N4O2/c1-16(2)8-10-23-19(25)9-13-24(15-17-6-4-3-5-7-17)20(26)18-14-21-11-12-22-18/h3-7,11-12,14,16H,8-10,13,15H2,1-2H3,(H,23,25). The Kier molecular flexibility index (Phi) is 7.74. The number of hydrogen-bond acceptors (Lipinski definition) is 4. The number of rotatable bonds is 9. The molecule has 0 aliphatic carbocycles. The van der Waals surface area contributed by atoms with E-state index < -0.39 is 0 Å². The zero-order chi connectivity index (χ0) is 18.8. The topological polar surface area (TPSA) is 75.2 Å². The molecule has 0 radical (unpaired) electrons. The third kappa shape index (κ3) is 6.63. The molecule has 138 valence electrons. The Hall–Kier alpha value is -2.76. The van der Waals surface area contributed by atoms with Gasteiger partial charge in [-0.2, -0.15) is 0 Å². The molecule has 0 fully saturated rings. The van der Waals surface area contributed by atoms with E-state index in [4.69, 9.17) is 0 Å². The highest BCUT2D eigenvalue weighted by atomic mass is 16.2. The number of aromatic nitrogens is 2. The zero-order valence-electron chi connectivity index (χ0n) is 15.4. The molecule has 26 heavy (non-hydrogen) atoms. The summed E-state index contributed by atoms with van der Waals surface area (Å²) in [5.74, 6) is 0.274. The maximum Gasteiger partial charge on any atom is 0.274 e. The van der Waals surface area contributed by atoms with Gasteiger partial charge in [0.05, 0.1) is 6.20 Å². The summed E-state index contributed by atoms with van der Waals surface area (Å²) in [5.41, 5.74) is 1.29. The summed E-state index contributed by atoms with van der Waals surface area (Å²) in [6.45, 7) is 5.65. The lowest BCUT2D eigenvalue weighted by Gasteiger charge is -2.22. The van der Waals surface area contributed by atoms with Crippen molar-refractivity contribution in [3.63, 3.8) is 0 Å². The Morgan fingerprint density at radius 2 is 1.92 bits per heavy atom. The Morgan fingerprint density at radius 1 is 1.15 bits per heavy atom. The molecular weight excluding hydrogens is 328 g/mol. The van der Waals surface area contributed by atoms with Gasteiger partial charge < -0.3 is 10.2 Å². The molecule has 2 rings (SSSR count). The van der Waals surface area contributed by atoms with E-state index in [9.17, 15) is 9.59 Å². The molecule has 1 aromatic carbocycles. The molecule has 2 aromatic rings. The predicted octanol–water partition coefficient (Wildman–Crippen LogP) is 2.67. The molecule has 0 aliphatic heterocycles. The highest BCUT2D eigenvalue weighted by Gasteiger charge is 2.18. The van der Waals surface area contributed by atoms with Crippen molar-refractivity contribution < 1.29 is 9.59 Å². The van der Waals surface area contributed by atoms with Crippen molar-refractivity contribution in [3.8, 4) is 0 Å². The van der Waals surface area contributed by atoms with Crippen molar-refractivity contribution in [2.24, 2.45) is 5.92 Å². The van der Waals surface area contributed by atoms with Crippen LogP contribution in [0.3, 0.4) is 0 Å². The highest BCUT2D eigenvalue weighted by molar-refractivity contribution is 5.92. The minimum absolute atomic E-state index is 0.0457. The van der Waals surface area contributed by atoms with Crippen LogP contribution < -0.4 is 5.32 Å². The lowest BCUT2D eigenvalue weighted by Crippen LogP contribution is -2.35. The summed E-state index contributed by atoms with van der Waals surface area (Å²) >= 11 is 0. The first kappa shape index (κ1) is 19.6. The number of nitrogens with one attached hydrogen (secondary N) is 1. The third-order valence-corrected chi connectivity index (χ3v) is 3.94. The van der Waals surface area contributed by atoms with E-state index >= 15 is 0 Å². The Bertz CT molecular complexity index is 689. The Balaban J connectivity index is 1.99. The van der Waals surface area contributed by atoms with Crippen LogP contribution in [0.1, 0.15) is 42.7 Å². The van der Waals surface area contributed by atoms with Gasteiger partial charge in [-0.25, -0.2) is 4.98 Å². The van der Waals surface area contributed by atoms with Crippen LogP contribution >= 0.6 is 0 Å². The van der Waals surface area contributed by atoms with Gasteiger partial charge in [0, 0.05) is 38.4 Å². The van der Waals surface area contributed by atoms with E-state index in [1.807, 2.05) is 30.3 Å². The fourth-order valence-electron chi connectivity index (χ4n) is 2.45. The quantitative estimate of drug-likeness (QED) is 0.751. The minimum atomic E-state index is -0.225. The molecule has 0 aliphatic rings. The van der Waals surface area contributed by atoms with Crippen molar-refractivity contribution in [3.05, 3.63) is 60.2 Å². The van der Waals surface area contributed by atoms with E-state index in [0.717, 1.165) is 12.0 Å². The van der Waals surface area contributed by atoms with Gasteiger partial charge >= 0.3 is 0 Å². The molecule has 0 spiro atoms. The summed E-state index contributed by atoms with van der Waals surface area (Å²) < 4.78 is 0. The van der Waals surface area contributed by atoms with E-state index in [0.29, 0.717) is 25.6 Å². The average molecular weight is 354 g/mol. The van der Waals surface area contributed by atoms with Crippen LogP contribution in [0.2, 0.25) is 0 Å². The fraction of sp³-hybridized carbons (Fsp3) is 0.400. The molecule has 1 aromatic heterocycles. The molecule has 6 heteroatoms. The van der Waals surface area contributed by atoms with Gasteiger partial charge in [-0.05, 0) is 17.9 Å². The molecule has 0 saturated carbocycles. The van der Waals surface area contributed by atoms with Gasteiger partial charge in [0.2, 0.25) is 5.91 Å². The molecule has 0 atom stereocenters. The second-order valence-corrected chi connectivity index (χ2v) is 6.59. The average Bonchev–Trinajstić information content (AvgIpc) is 2.66. The SMILES string of the molecule is CC(C)CCNC(=O)CCN(Cc1ccccc1)C(=O)c1cnccn1. The van der Waals surface area contributed by atoms with Gasteiger partial charge in [0.25, 0.3) is 5.91 Å². The van der Waals surface area contributed by atoms with Crippen molar-refractivity contribution in [2.75, 3.05) is 13.1 Å². The molecule has 2 amide bonds. The van der Waals surface area contributed by atoms with Crippen molar-refractivity contribution >= 4 is 11.8 Å². The molecule has 0 unspecified atom stereocenters. The van der Waals surface area contributed by atoms with Crippen LogP contribution in [-0.4, -0.2) is 39.8 Å². The maximum atomic E-state index is 12.8. The fourth-order valence-corrected chi connectivity index (χ4v) is 2.45. The first-order valence-electron chi connectivity index (χ1n) is 8.92. The third-order valence-electron chi connectivity index (χ3n) is 3.94. The maximum absolute atomic E-state index is 12.8. The van der Waals surface area contributed by atoms with Crippen LogP contribution in [0, 0.1) is 5.92 Å². The van der Waals surface area contributed by atoms with Crippen molar-refractivity contribution in [1.82, 2.24) is 20.2 Å². The molecular formula is C20H26N4O2. The number of amides is 2. The molecule has 1 heterocycles. The number of carbonyl (C=O) groups is 2. The second kappa shape index (κ2) is 10.3. The summed E-state index contributed by atoms with van der Waals surface area (Å²) in [4.78, 5) is 34.5. The summed E-state index contributed by atoms with van der Waals surface area (Å²) in [5, 5.41) is 2.91. The number of carbonyl (C=O) groups excluding carboxylic acids is 2. The number of hydrogen-bond donors (Lipinski definition) is 1. The lowest BCUT2D eigenvalue weighted by molar-refractivity contribution is -0.121. The van der Waals surface area contributed by atoms with Crippen LogP contribution in [-0.2, 0) is 11.3 Å². The number of nitrogens with zero attached hydrogens (tertiary/aromatic N) is 3. The summed E-state index contributed by atoms with van der Waals surface area (Å²) in [6.07, 6.45) is 5.67. The van der Waals surface area contributed by atoms with Crippen LogP contribution in [0.5, 0.6) is 0 Å². The molecule has 0 saturated heterocycles. The second-order valence-electron chi connectivity index (χ2n) is 6.59. The van der Waals surface area contributed by atoms with Crippen LogP contribution in [0.4, 0.5) is 0 Å². The monoisotopic (exact) mass is 354 g/mol. The first-order valence-corrected chi connectivity index (χ1v) is 8.92. The lowest BCUT2D eigenvalue weighted by atomic mass is 10.1. The van der Waals surface area contributed by atoms with E-state index in [1.54, 1.807) is 4.90 Å². The van der Waals surface area contributed by atoms with Gasteiger partial charge in [-0.3, -0.25) is 14.6 Å². The molecule has 6 nitrogen and oxygen atoms in total. The first-order chi connectivity index (χ1) is 12.6. The highest BCUT2D eigenvalue weighted by Crippen LogP contribution is 2.09. The van der Waals surface area contributed by atoms with Crippen molar-refractivity contribution in [2.45, 2.75) is 33.2 Å². The largest absolute Gasteiger partial charge is 0.356 e. The summed E-state index contributed by atoms with van der Waals surface area (Å²) in [7, 11) is 0. The Labute approximate surface area is 154 Å². The van der Waals surface area contributed by atoms with Gasteiger partial charge in [0.1, 0.15) is 5.69 Å². The predicted molar refractivity (Wildman–Crippen MR) is 100 cm³/mol. The van der Waals surface area contributed by atoms with Gasteiger partial charge in [-0.1, -0.05) is 44.2 Å². The number of benzene rings is 1.